The van der Waals surface area contributed by atoms with Crippen molar-refractivity contribution in [3.8, 4) is 0 Å². The number of amides is 3. The maximum atomic E-state index is 12.7. The van der Waals surface area contributed by atoms with Crippen LogP contribution in [0.1, 0.15) is 64.2 Å². The van der Waals surface area contributed by atoms with Crippen LogP contribution in [0, 0.1) is 0 Å². The van der Waals surface area contributed by atoms with Gasteiger partial charge in [0.05, 0.1) is 19.7 Å². The lowest BCUT2D eigenvalue weighted by Gasteiger charge is -2.25. The topological polar surface area (TPSA) is 172 Å². The lowest BCUT2D eigenvalue weighted by atomic mass is 10.2. The fraction of sp³-hybridized carbons (Fsp3) is 0.870. The predicted octanol–water partition coefficient (Wildman–Crippen LogP) is -0.580. The molecule has 0 fully saturated rings. The molecule has 0 aliphatic rings. The summed E-state index contributed by atoms with van der Waals surface area (Å²) in [6, 6.07) is 0. The fourth-order valence-electron chi connectivity index (χ4n) is 3.26. The molecule has 11 nitrogen and oxygen atoms in total. The van der Waals surface area contributed by atoms with Gasteiger partial charge in [-0.05, 0) is 45.3 Å². The molecule has 0 radical (unpaired) electrons. The molecule has 1 unspecified atom stereocenters. The van der Waals surface area contributed by atoms with Crippen LogP contribution in [0.25, 0.3) is 0 Å². The molecular weight excluding hydrogens is 440 g/mol. The highest BCUT2D eigenvalue weighted by atomic mass is 16.5. The zero-order valence-corrected chi connectivity index (χ0v) is 21.0. The SMILES string of the molecule is COCCNC(=O)CCC(=O)N(CC(=O)NCCCCCCN)CC(O)NCCCCCCN. The summed E-state index contributed by atoms with van der Waals surface area (Å²) >= 11 is 0. The summed E-state index contributed by atoms with van der Waals surface area (Å²) in [5.74, 6) is -0.905. The number of carbonyl (C=O) groups excluding carboxylic acids is 3. The Morgan fingerprint density at radius 2 is 1.41 bits per heavy atom. The summed E-state index contributed by atoms with van der Waals surface area (Å²) in [4.78, 5) is 38.3. The van der Waals surface area contributed by atoms with Gasteiger partial charge in [0.25, 0.3) is 0 Å². The van der Waals surface area contributed by atoms with E-state index in [0.29, 0.717) is 39.3 Å². The molecule has 8 N–H and O–H groups in total. The van der Waals surface area contributed by atoms with Gasteiger partial charge in [-0.3, -0.25) is 19.7 Å². The van der Waals surface area contributed by atoms with Gasteiger partial charge in [-0.15, -0.1) is 0 Å². The molecule has 0 rings (SSSR count). The van der Waals surface area contributed by atoms with Crippen molar-refractivity contribution in [2.24, 2.45) is 11.5 Å². The Morgan fingerprint density at radius 1 is 0.824 bits per heavy atom. The molecule has 11 heteroatoms. The van der Waals surface area contributed by atoms with Crippen molar-refractivity contribution < 1.29 is 24.2 Å². The molecule has 1 atom stereocenters. The first-order valence-electron chi connectivity index (χ1n) is 12.6. The molecule has 0 saturated carbocycles. The van der Waals surface area contributed by atoms with E-state index in [2.05, 4.69) is 16.0 Å². The third-order valence-electron chi connectivity index (χ3n) is 5.24. The van der Waals surface area contributed by atoms with Crippen molar-refractivity contribution in [3.63, 3.8) is 0 Å². The van der Waals surface area contributed by atoms with E-state index in [1.807, 2.05) is 0 Å². The zero-order valence-electron chi connectivity index (χ0n) is 21.0. The number of nitrogens with zero attached hydrogens (tertiary/aromatic N) is 1. The second-order valence-corrected chi connectivity index (χ2v) is 8.34. The minimum absolute atomic E-state index is 0.00642. The second kappa shape index (κ2) is 23.0. The Bertz CT molecular complexity index is 538. The number of unbranched alkanes of at least 4 members (excludes halogenated alkanes) is 6. The summed E-state index contributed by atoms with van der Waals surface area (Å²) in [5.41, 5.74) is 11.0. The van der Waals surface area contributed by atoms with Crippen LogP contribution in [-0.2, 0) is 19.1 Å². The Kier molecular flexibility index (Phi) is 21.8. The van der Waals surface area contributed by atoms with Crippen LogP contribution in [0.15, 0.2) is 0 Å². The Hall–Kier alpha value is -1.79. The molecule has 0 saturated heterocycles. The summed E-state index contributed by atoms with van der Waals surface area (Å²) < 4.78 is 4.88. The third kappa shape index (κ3) is 19.7. The van der Waals surface area contributed by atoms with Gasteiger partial charge in [0.1, 0.15) is 6.23 Å². The smallest absolute Gasteiger partial charge is 0.239 e. The normalized spacial score (nSPS) is 11.8. The molecule has 0 aliphatic carbocycles. The van der Waals surface area contributed by atoms with Crippen LogP contribution < -0.4 is 27.4 Å². The molecule has 0 aromatic carbocycles. The minimum Gasteiger partial charge on any atom is -0.383 e. The van der Waals surface area contributed by atoms with E-state index in [4.69, 9.17) is 16.2 Å². The van der Waals surface area contributed by atoms with Crippen molar-refractivity contribution in [2.75, 3.05) is 59.5 Å². The van der Waals surface area contributed by atoms with Gasteiger partial charge in [0.15, 0.2) is 0 Å². The first kappa shape index (κ1) is 32.2. The average Bonchev–Trinajstić information content (AvgIpc) is 2.81. The largest absolute Gasteiger partial charge is 0.383 e. The van der Waals surface area contributed by atoms with Crippen LogP contribution >= 0.6 is 0 Å². The molecule has 0 bridgehead atoms. The molecular formula is C23H48N6O5. The highest BCUT2D eigenvalue weighted by Gasteiger charge is 2.21. The second-order valence-electron chi connectivity index (χ2n) is 8.34. The number of aliphatic hydroxyl groups excluding tert-OH is 1. The van der Waals surface area contributed by atoms with Gasteiger partial charge in [0, 0.05) is 33.0 Å². The molecule has 0 heterocycles. The van der Waals surface area contributed by atoms with Crippen molar-refractivity contribution in [2.45, 2.75) is 70.4 Å². The first-order chi connectivity index (χ1) is 16.4. The molecule has 0 aliphatic heterocycles. The van der Waals surface area contributed by atoms with Gasteiger partial charge in [-0.2, -0.15) is 0 Å². The zero-order chi connectivity index (χ0) is 25.4. The van der Waals surface area contributed by atoms with E-state index in [1.165, 1.54) is 12.0 Å². The molecule has 3 amide bonds. The summed E-state index contributed by atoms with van der Waals surface area (Å²) in [6.45, 7) is 3.03. The van der Waals surface area contributed by atoms with Crippen LogP contribution in [0.5, 0.6) is 0 Å². The maximum absolute atomic E-state index is 12.7. The number of aliphatic hydroxyl groups is 1. The van der Waals surface area contributed by atoms with Crippen LogP contribution in [0.4, 0.5) is 0 Å². The summed E-state index contributed by atoms with van der Waals surface area (Å²) in [6.07, 6.45) is 6.72. The third-order valence-corrected chi connectivity index (χ3v) is 5.24. The molecule has 200 valence electrons. The van der Waals surface area contributed by atoms with E-state index in [-0.39, 0.29) is 43.7 Å². The highest BCUT2D eigenvalue weighted by Crippen LogP contribution is 2.02. The number of methoxy groups -OCH3 is 1. The molecule has 0 aromatic heterocycles. The quantitative estimate of drug-likeness (QED) is 0.0819. The molecule has 0 spiro atoms. The maximum Gasteiger partial charge on any atom is 0.239 e. The number of nitrogens with two attached hydrogens (primary N) is 2. The first-order valence-corrected chi connectivity index (χ1v) is 12.6. The van der Waals surface area contributed by atoms with Crippen LogP contribution in [0.3, 0.4) is 0 Å². The number of carbonyl (C=O) groups is 3. The standard InChI is InChI=1S/C23H48N6O5/c1-34-17-16-28-20(30)10-11-23(33)29(18-21(31)26-14-8-4-2-6-12-24)19-22(32)27-15-9-5-3-7-13-25/h21,26,31H,2-19,24-25H2,1H3,(H,27,32)(H,28,30). The Labute approximate surface area is 204 Å². The van der Waals surface area contributed by atoms with E-state index in [1.54, 1.807) is 0 Å². The van der Waals surface area contributed by atoms with E-state index in [9.17, 15) is 19.5 Å². The summed E-state index contributed by atoms with van der Waals surface area (Å²) in [5, 5.41) is 18.8. The number of rotatable bonds is 23. The Morgan fingerprint density at radius 3 is 2.03 bits per heavy atom. The predicted molar refractivity (Wildman–Crippen MR) is 133 cm³/mol. The lowest BCUT2D eigenvalue weighted by Crippen LogP contribution is -2.48. The highest BCUT2D eigenvalue weighted by molar-refractivity contribution is 5.87. The van der Waals surface area contributed by atoms with Gasteiger partial charge >= 0.3 is 0 Å². The number of hydrogen-bond donors (Lipinski definition) is 6. The van der Waals surface area contributed by atoms with Crippen LogP contribution in [0.2, 0.25) is 0 Å². The van der Waals surface area contributed by atoms with Gasteiger partial charge in [-0.1, -0.05) is 25.7 Å². The van der Waals surface area contributed by atoms with Gasteiger partial charge in [-0.25, -0.2) is 0 Å². The Balaban J connectivity index is 4.57. The van der Waals surface area contributed by atoms with Gasteiger partial charge < -0.3 is 36.8 Å². The fourth-order valence-corrected chi connectivity index (χ4v) is 3.26. The van der Waals surface area contributed by atoms with Crippen molar-refractivity contribution in [1.29, 1.82) is 0 Å². The van der Waals surface area contributed by atoms with Crippen molar-refractivity contribution in [3.05, 3.63) is 0 Å². The van der Waals surface area contributed by atoms with Crippen LogP contribution in [-0.4, -0.2) is 93.5 Å². The number of ether oxygens (including phenoxy) is 1. The van der Waals surface area contributed by atoms with E-state index in [0.717, 1.165) is 51.4 Å². The van der Waals surface area contributed by atoms with E-state index < -0.39 is 6.23 Å². The summed E-state index contributed by atoms with van der Waals surface area (Å²) in [7, 11) is 1.54. The van der Waals surface area contributed by atoms with E-state index >= 15 is 0 Å². The van der Waals surface area contributed by atoms with Crippen molar-refractivity contribution in [1.82, 2.24) is 20.9 Å². The minimum atomic E-state index is -0.960. The number of hydrogen-bond acceptors (Lipinski definition) is 8. The molecule has 34 heavy (non-hydrogen) atoms. The number of nitrogens with one attached hydrogen (secondary N) is 3. The average molecular weight is 489 g/mol. The lowest BCUT2D eigenvalue weighted by molar-refractivity contribution is -0.138. The molecule has 0 aromatic rings. The van der Waals surface area contributed by atoms with Gasteiger partial charge in [0.2, 0.25) is 17.7 Å². The van der Waals surface area contributed by atoms with Crippen molar-refractivity contribution >= 4 is 17.7 Å². The monoisotopic (exact) mass is 488 g/mol.